The number of carbonyl (C=O) groups is 1. The predicted molar refractivity (Wildman–Crippen MR) is 72.7 cm³/mol. The maximum absolute atomic E-state index is 12.1. The minimum Gasteiger partial charge on any atom is -0.342 e. The highest BCUT2D eigenvalue weighted by Gasteiger charge is 2.28. The molecule has 0 radical (unpaired) electrons. The van der Waals surface area contributed by atoms with E-state index in [0.29, 0.717) is 19.0 Å². The van der Waals surface area contributed by atoms with E-state index in [-0.39, 0.29) is 12.5 Å². The molecular weight excluding hydrogens is 266 g/mol. The largest absolute Gasteiger partial charge is 0.342 e. The van der Waals surface area contributed by atoms with Crippen molar-refractivity contribution < 1.29 is 13.2 Å². The molecule has 1 atom stereocenters. The number of amides is 1. The molecule has 19 heavy (non-hydrogen) atoms. The van der Waals surface area contributed by atoms with Crippen LogP contribution in [0.5, 0.6) is 0 Å². The lowest BCUT2D eigenvalue weighted by atomic mass is 10.0. The smallest absolute Gasteiger partial charge is 0.279 e. The molecule has 0 aliphatic carbocycles. The van der Waals surface area contributed by atoms with Gasteiger partial charge in [-0.2, -0.15) is 17.4 Å². The summed E-state index contributed by atoms with van der Waals surface area (Å²) in [6, 6.07) is 0. The van der Waals surface area contributed by atoms with E-state index in [1.165, 1.54) is 4.31 Å². The van der Waals surface area contributed by atoms with Gasteiger partial charge in [0.25, 0.3) is 10.2 Å². The summed E-state index contributed by atoms with van der Waals surface area (Å²) in [5.74, 6) is 0.269. The first kappa shape index (κ1) is 14.7. The Kier molecular flexibility index (Phi) is 4.81. The number of carbonyl (C=O) groups excluding carboxylic acids is 1. The molecule has 0 unspecified atom stereocenters. The van der Waals surface area contributed by atoms with Gasteiger partial charge in [-0.25, -0.2) is 0 Å². The van der Waals surface area contributed by atoms with Crippen molar-refractivity contribution in [2.45, 2.75) is 32.6 Å². The van der Waals surface area contributed by atoms with E-state index in [0.717, 1.165) is 38.8 Å². The van der Waals surface area contributed by atoms with Gasteiger partial charge in [0.15, 0.2) is 0 Å². The van der Waals surface area contributed by atoms with Crippen molar-refractivity contribution in [2.75, 3.05) is 32.7 Å². The van der Waals surface area contributed by atoms with Crippen LogP contribution < -0.4 is 4.72 Å². The van der Waals surface area contributed by atoms with Gasteiger partial charge in [-0.3, -0.25) is 4.79 Å². The minimum atomic E-state index is -3.51. The Labute approximate surface area is 115 Å². The maximum Gasteiger partial charge on any atom is 0.279 e. The van der Waals surface area contributed by atoms with Gasteiger partial charge < -0.3 is 4.90 Å². The highest BCUT2D eigenvalue weighted by atomic mass is 32.2. The summed E-state index contributed by atoms with van der Waals surface area (Å²) in [6.07, 6.45) is 3.99. The van der Waals surface area contributed by atoms with Gasteiger partial charge in [0.1, 0.15) is 0 Å². The standard InChI is InChI=1S/C12H23N3O3S/c1-11-5-4-8-15(10-11)19(17,18)13-9-12(16)14-6-2-3-7-14/h11,13H,2-10H2,1H3/t11-/m1/s1. The topological polar surface area (TPSA) is 69.7 Å². The third kappa shape index (κ3) is 3.90. The lowest BCUT2D eigenvalue weighted by molar-refractivity contribution is -0.128. The van der Waals surface area contributed by atoms with Crippen LogP contribution in [0.3, 0.4) is 0 Å². The summed E-state index contributed by atoms with van der Waals surface area (Å²) in [5, 5.41) is 0. The van der Waals surface area contributed by atoms with E-state index >= 15 is 0 Å². The summed E-state index contributed by atoms with van der Waals surface area (Å²) in [5.41, 5.74) is 0. The third-order valence-corrected chi connectivity index (χ3v) is 5.34. The average molecular weight is 289 g/mol. The van der Waals surface area contributed by atoms with Crippen LogP contribution in [0.15, 0.2) is 0 Å². The van der Waals surface area contributed by atoms with Gasteiger partial charge in [0.05, 0.1) is 6.54 Å². The van der Waals surface area contributed by atoms with Crippen molar-refractivity contribution >= 4 is 16.1 Å². The zero-order valence-corrected chi connectivity index (χ0v) is 12.3. The van der Waals surface area contributed by atoms with Gasteiger partial charge in [0, 0.05) is 26.2 Å². The Morgan fingerprint density at radius 1 is 1.21 bits per heavy atom. The van der Waals surface area contributed by atoms with Gasteiger partial charge >= 0.3 is 0 Å². The Morgan fingerprint density at radius 2 is 1.89 bits per heavy atom. The van der Waals surface area contributed by atoms with Crippen molar-refractivity contribution in [3.8, 4) is 0 Å². The Bertz CT molecular complexity index is 418. The molecule has 1 amide bonds. The minimum absolute atomic E-state index is 0.118. The monoisotopic (exact) mass is 289 g/mol. The predicted octanol–water partition coefficient (Wildman–Crippen LogP) is 0.175. The van der Waals surface area contributed by atoms with Crippen molar-refractivity contribution in [3.05, 3.63) is 0 Å². The normalized spacial score (nSPS) is 25.7. The first-order valence-corrected chi connectivity index (χ1v) is 8.45. The SMILES string of the molecule is C[C@@H]1CCCN(S(=O)(=O)NCC(=O)N2CCCC2)C1. The Morgan fingerprint density at radius 3 is 2.53 bits per heavy atom. The molecular formula is C12H23N3O3S. The molecule has 2 saturated heterocycles. The molecule has 2 rings (SSSR count). The van der Waals surface area contributed by atoms with Gasteiger partial charge in [-0.05, 0) is 31.6 Å². The lowest BCUT2D eigenvalue weighted by Gasteiger charge is -2.30. The molecule has 0 saturated carbocycles. The fourth-order valence-electron chi connectivity index (χ4n) is 2.69. The van der Waals surface area contributed by atoms with Crippen LogP contribution in [0, 0.1) is 5.92 Å². The van der Waals surface area contributed by atoms with Gasteiger partial charge in [0.2, 0.25) is 5.91 Å². The number of rotatable bonds is 4. The molecule has 7 heteroatoms. The number of nitrogens with one attached hydrogen (secondary N) is 1. The van der Waals surface area contributed by atoms with E-state index in [4.69, 9.17) is 0 Å². The highest BCUT2D eigenvalue weighted by molar-refractivity contribution is 7.87. The van der Waals surface area contributed by atoms with E-state index in [9.17, 15) is 13.2 Å². The van der Waals surface area contributed by atoms with Crippen LogP contribution in [0.2, 0.25) is 0 Å². The number of likely N-dealkylation sites (tertiary alicyclic amines) is 1. The summed E-state index contributed by atoms with van der Waals surface area (Å²) >= 11 is 0. The molecule has 1 N–H and O–H groups in total. The molecule has 0 aromatic rings. The molecule has 2 aliphatic rings. The third-order valence-electron chi connectivity index (χ3n) is 3.82. The number of piperidine rings is 1. The van der Waals surface area contributed by atoms with E-state index < -0.39 is 10.2 Å². The molecule has 0 aromatic heterocycles. The second-order valence-electron chi connectivity index (χ2n) is 5.52. The quantitative estimate of drug-likeness (QED) is 0.802. The van der Waals surface area contributed by atoms with Crippen molar-refractivity contribution in [3.63, 3.8) is 0 Å². The van der Waals surface area contributed by atoms with Crippen molar-refractivity contribution in [1.29, 1.82) is 0 Å². The van der Waals surface area contributed by atoms with E-state index in [1.54, 1.807) is 4.90 Å². The zero-order valence-electron chi connectivity index (χ0n) is 11.5. The lowest BCUT2D eigenvalue weighted by Crippen LogP contribution is -2.48. The molecule has 6 nitrogen and oxygen atoms in total. The number of hydrogen-bond donors (Lipinski definition) is 1. The second-order valence-corrected chi connectivity index (χ2v) is 7.27. The van der Waals surface area contributed by atoms with Crippen LogP contribution in [0.4, 0.5) is 0 Å². The molecule has 0 bridgehead atoms. The van der Waals surface area contributed by atoms with E-state index in [1.807, 2.05) is 0 Å². The number of nitrogens with zero attached hydrogens (tertiary/aromatic N) is 2. The van der Waals surface area contributed by atoms with Gasteiger partial charge in [-0.1, -0.05) is 6.92 Å². The van der Waals surface area contributed by atoms with Crippen molar-refractivity contribution in [2.24, 2.45) is 5.92 Å². The molecule has 110 valence electrons. The molecule has 0 aromatic carbocycles. The van der Waals surface area contributed by atoms with Crippen LogP contribution in [0.25, 0.3) is 0 Å². The molecule has 2 fully saturated rings. The van der Waals surface area contributed by atoms with E-state index in [2.05, 4.69) is 11.6 Å². The molecule has 2 aliphatic heterocycles. The maximum atomic E-state index is 12.1. The molecule has 0 spiro atoms. The zero-order chi connectivity index (χ0) is 13.9. The summed E-state index contributed by atoms with van der Waals surface area (Å²) in [6.45, 7) is 4.54. The number of hydrogen-bond acceptors (Lipinski definition) is 3. The highest BCUT2D eigenvalue weighted by Crippen LogP contribution is 2.17. The molecule has 2 heterocycles. The fourth-order valence-corrected chi connectivity index (χ4v) is 4.00. The first-order valence-electron chi connectivity index (χ1n) is 7.01. The summed E-state index contributed by atoms with van der Waals surface area (Å²) in [7, 11) is -3.51. The summed E-state index contributed by atoms with van der Waals surface area (Å²) < 4.78 is 28.1. The van der Waals surface area contributed by atoms with Gasteiger partial charge in [-0.15, -0.1) is 0 Å². The fraction of sp³-hybridized carbons (Fsp3) is 0.917. The van der Waals surface area contributed by atoms with Crippen LogP contribution in [0.1, 0.15) is 32.6 Å². The first-order chi connectivity index (χ1) is 8.99. The van der Waals surface area contributed by atoms with Crippen LogP contribution in [-0.4, -0.2) is 56.3 Å². The Hall–Kier alpha value is -0.660. The average Bonchev–Trinajstić information content (AvgIpc) is 2.90. The van der Waals surface area contributed by atoms with Crippen LogP contribution >= 0.6 is 0 Å². The van der Waals surface area contributed by atoms with Crippen molar-refractivity contribution in [1.82, 2.24) is 13.9 Å². The second kappa shape index (κ2) is 6.19. The Balaban J connectivity index is 1.84. The summed E-state index contributed by atoms with van der Waals surface area (Å²) in [4.78, 5) is 13.5. The van der Waals surface area contributed by atoms with Crippen LogP contribution in [-0.2, 0) is 15.0 Å².